The molecule has 0 saturated carbocycles. The van der Waals surface area contributed by atoms with Crippen LogP contribution in [-0.4, -0.2) is 18.6 Å². The third kappa shape index (κ3) is 2.90. The van der Waals surface area contributed by atoms with Crippen molar-refractivity contribution in [1.29, 1.82) is 0 Å². The average Bonchev–Trinajstić information content (AvgIpc) is 2.66. The molecule has 4 heteroatoms. The van der Waals surface area contributed by atoms with E-state index in [1.165, 1.54) is 5.52 Å². The molecule has 19 heavy (non-hydrogen) atoms. The number of hydrogen-bond donors (Lipinski definition) is 0. The molecule has 0 aliphatic heterocycles. The molecule has 2 aromatic rings. The van der Waals surface area contributed by atoms with Gasteiger partial charge in [0.2, 0.25) is 9.04 Å². The molecule has 0 aliphatic rings. The summed E-state index contributed by atoms with van der Waals surface area (Å²) in [6.45, 7) is 13.0. The van der Waals surface area contributed by atoms with Crippen molar-refractivity contribution in [1.82, 2.24) is 9.55 Å². The minimum Gasteiger partial charge on any atom is -0.407 e. The molecule has 1 aromatic heterocycles. The van der Waals surface area contributed by atoms with Crippen molar-refractivity contribution in [2.45, 2.75) is 52.4 Å². The van der Waals surface area contributed by atoms with Crippen LogP contribution in [0.5, 0.6) is 0 Å². The Kier molecular flexibility index (Phi) is 3.83. The van der Waals surface area contributed by atoms with E-state index < -0.39 is 9.04 Å². The van der Waals surface area contributed by atoms with Crippen LogP contribution in [0.4, 0.5) is 0 Å². The molecule has 103 valence electrons. The van der Waals surface area contributed by atoms with Gasteiger partial charge in [-0.3, -0.25) is 0 Å². The van der Waals surface area contributed by atoms with Gasteiger partial charge in [0.1, 0.15) is 11.9 Å². The topological polar surface area (TPSA) is 27.1 Å². The largest absolute Gasteiger partial charge is 0.407 e. The number of rotatable bonds is 3. The first-order chi connectivity index (χ1) is 8.80. The highest BCUT2D eigenvalue weighted by molar-refractivity contribution is 6.48. The predicted molar refractivity (Wildman–Crippen MR) is 81.7 cm³/mol. The fourth-order valence-electron chi connectivity index (χ4n) is 2.43. The molecule has 0 amide bonds. The molecular weight excluding hydrogens is 252 g/mol. The SMILES string of the molecule is CC(O[Si](C)C)c1nc2ccccc2n1C(C)(C)C. The minimum absolute atomic E-state index is 0.00254. The van der Waals surface area contributed by atoms with E-state index in [1.807, 2.05) is 6.07 Å². The number of benzene rings is 1. The van der Waals surface area contributed by atoms with Crippen LogP contribution in [0.15, 0.2) is 24.3 Å². The summed E-state index contributed by atoms with van der Waals surface area (Å²) >= 11 is 0. The lowest BCUT2D eigenvalue weighted by Gasteiger charge is -2.27. The fourth-order valence-corrected chi connectivity index (χ4v) is 3.24. The summed E-state index contributed by atoms with van der Waals surface area (Å²) in [5, 5.41) is 0. The summed E-state index contributed by atoms with van der Waals surface area (Å²) in [5.41, 5.74) is 2.22. The molecule has 3 nitrogen and oxygen atoms in total. The van der Waals surface area contributed by atoms with E-state index >= 15 is 0 Å². The second kappa shape index (κ2) is 5.10. The summed E-state index contributed by atoms with van der Waals surface area (Å²) in [6, 6.07) is 8.30. The van der Waals surface area contributed by atoms with E-state index in [-0.39, 0.29) is 11.6 Å². The predicted octanol–water partition coefficient (Wildman–Crippen LogP) is 4.12. The lowest BCUT2D eigenvalue weighted by atomic mass is 10.1. The zero-order valence-corrected chi connectivity index (χ0v) is 13.7. The third-order valence-corrected chi connectivity index (χ3v) is 3.86. The normalized spacial score (nSPS) is 14.3. The monoisotopic (exact) mass is 275 g/mol. The molecular formula is C15H23N2OSi. The number of fused-ring (bicyclic) bond motifs is 1. The Morgan fingerprint density at radius 1 is 1.21 bits per heavy atom. The van der Waals surface area contributed by atoms with Crippen molar-refractivity contribution in [3.8, 4) is 0 Å². The number of imidazole rings is 1. The van der Waals surface area contributed by atoms with Gasteiger partial charge in [-0.05, 0) is 52.9 Å². The first-order valence-electron chi connectivity index (χ1n) is 6.75. The van der Waals surface area contributed by atoms with Crippen molar-refractivity contribution >= 4 is 20.1 Å². The van der Waals surface area contributed by atoms with E-state index in [0.717, 1.165) is 11.3 Å². The van der Waals surface area contributed by atoms with Gasteiger partial charge in [-0.25, -0.2) is 4.98 Å². The molecule has 2 rings (SSSR count). The zero-order chi connectivity index (χ0) is 14.2. The van der Waals surface area contributed by atoms with Crippen LogP contribution in [0.1, 0.15) is 39.6 Å². The van der Waals surface area contributed by atoms with Gasteiger partial charge in [-0.2, -0.15) is 0 Å². The van der Waals surface area contributed by atoms with E-state index in [2.05, 4.69) is 63.6 Å². The average molecular weight is 275 g/mol. The van der Waals surface area contributed by atoms with E-state index in [1.54, 1.807) is 0 Å². The smallest absolute Gasteiger partial charge is 0.205 e. The maximum atomic E-state index is 6.02. The quantitative estimate of drug-likeness (QED) is 0.788. The standard InChI is InChI=1S/C15H23N2OSi/c1-11(18-19(5)6)14-16-12-9-7-8-10-13(12)17(14)15(2,3)4/h7-11H,1-6H3. The van der Waals surface area contributed by atoms with Crippen molar-refractivity contribution in [3.05, 3.63) is 30.1 Å². The van der Waals surface area contributed by atoms with Gasteiger partial charge in [-0.1, -0.05) is 12.1 Å². The summed E-state index contributed by atoms with van der Waals surface area (Å²) in [7, 11) is -0.733. The van der Waals surface area contributed by atoms with Crippen molar-refractivity contribution < 1.29 is 4.43 Å². The maximum absolute atomic E-state index is 6.02. The summed E-state index contributed by atoms with van der Waals surface area (Å²) in [5.74, 6) is 1.03. The van der Waals surface area contributed by atoms with Gasteiger partial charge in [-0.15, -0.1) is 0 Å². The summed E-state index contributed by atoms with van der Waals surface area (Å²) in [6.07, 6.45) is 0.0375. The second-order valence-corrected chi connectivity index (χ2v) is 8.19. The molecule has 1 atom stereocenters. The van der Waals surface area contributed by atoms with Crippen molar-refractivity contribution in [2.75, 3.05) is 0 Å². The Morgan fingerprint density at radius 3 is 2.42 bits per heavy atom. The van der Waals surface area contributed by atoms with Gasteiger partial charge in [0.25, 0.3) is 0 Å². The molecule has 1 aromatic carbocycles. The van der Waals surface area contributed by atoms with Crippen LogP contribution < -0.4 is 0 Å². The third-order valence-electron chi connectivity index (χ3n) is 3.03. The van der Waals surface area contributed by atoms with Crippen LogP contribution in [-0.2, 0) is 9.96 Å². The van der Waals surface area contributed by atoms with Crippen molar-refractivity contribution in [3.63, 3.8) is 0 Å². The minimum atomic E-state index is -0.733. The molecule has 0 bridgehead atoms. The van der Waals surface area contributed by atoms with Gasteiger partial charge >= 0.3 is 0 Å². The molecule has 1 radical (unpaired) electrons. The lowest BCUT2D eigenvalue weighted by Crippen LogP contribution is -2.26. The van der Waals surface area contributed by atoms with Crippen molar-refractivity contribution in [2.24, 2.45) is 0 Å². The molecule has 0 saturated heterocycles. The van der Waals surface area contributed by atoms with Crippen LogP contribution in [0.25, 0.3) is 11.0 Å². The Balaban J connectivity index is 2.59. The highest BCUT2D eigenvalue weighted by Crippen LogP contribution is 2.29. The van der Waals surface area contributed by atoms with Crippen LogP contribution in [0, 0.1) is 0 Å². The number of hydrogen-bond acceptors (Lipinski definition) is 2. The Morgan fingerprint density at radius 2 is 1.84 bits per heavy atom. The van der Waals surface area contributed by atoms with Gasteiger partial charge < -0.3 is 8.99 Å². The highest BCUT2D eigenvalue weighted by atomic mass is 28.3. The molecule has 0 aliphatic carbocycles. The number of aromatic nitrogens is 2. The number of nitrogens with zero attached hydrogens (tertiary/aromatic N) is 2. The van der Waals surface area contributed by atoms with Crippen LogP contribution in [0.2, 0.25) is 13.1 Å². The first-order valence-corrected chi connectivity index (χ1v) is 9.16. The van der Waals surface area contributed by atoms with Gasteiger partial charge in [0, 0.05) is 5.54 Å². The maximum Gasteiger partial charge on any atom is 0.205 e. The van der Waals surface area contributed by atoms with Gasteiger partial charge in [0.15, 0.2) is 0 Å². The highest BCUT2D eigenvalue weighted by Gasteiger charge is 2.25. The summed E-state index contributed by atoms with van der Waals surface area (Å²) in [4.78, 5) is 4.79. The Hall–Kier alpha value is -1.13. The zero-order valence-electron chi connectivity index (χ0n) is 12.7. The van der Waals surface area contributed by atoms with Gasteiger partial charge in [0.05, 0.1) is 11.0 Å². The Labute approximate surface area is 117 Å². The fraction of sp³-hybridized carbons (Fsp3) is 0.533. The lowest BCUT2D eigenvalue weighted by molar-refractivity contribution is 0.205. The molecule has 1 heterocycles. The molecule has 0 fully saturated rings. The van der Waals surface area contributed by atoms with Crippen LogP contribution >= 0.6 is 0 Å². The number of para-hydroxylation sites is 2. The summed E-state index contributed by atoms with van der Waals surface area (Å²) < 4.78 is 8.32. The van der Waals surface area contributed by atoms with E-state index in [0.29, 0.717) is 0 Å². The Bertz CT molecular complexity index is 569. The second-order valence-electron chi connectivity index (χ2n) is 6.13. The molecule has 0 spiro atoms. The van der Waals surface area contributed by atoms with Crippen LogP contribution in [0.3, 0.4) is 0 Å². The molecule has 0 N–H and O–H groups in total. The molecule has 1 unspecified atom stereocenters. The first kappa shape index (κ1) is 14.3. The van der Waals surface area contributed by atoms with E-state index in [9.17, 15) is 0 Å². The van der Waals surface area contributed by atoms with E-state index in [4.69, 9.17) is 9.41 Å².